The third-order valence-corrected chi connectivity index (χ3v) is 1.73. The molecule has 1 rings (SSSR count). The molecule has 0 bridgehead atoms. The maximum atomic E-state index is 10.7. The summed E-state index contributed by atoms with van der Waals surface area (Å²) in [5.41, 5.74) is -0.107. The number of carbonyl (C=O) groups is 1. The van der Waals surface area contributed by atoms with E-state index in [1.807, 2.05) is 4.72 Å². The SMILES string of the molecule is CS(=O)(=O)Nc1ncc(C(=O)O)cn1. The summed E-state index contributed by atoms with van der Waals surface area (Å²) in [7, 11) is -3.43. The summed E-state index contributed by atoms with van der Waals surface area (Å²) in [5, 5.41) is 8.49. The molecule has 7 nitrogen and oxygen atoms in total. The summed E-state index contributed by atoms with van der Waals surface area (Å²) < 4.78 is 23.4. The van der Waals surface area contributed by atoms with Crippen molar-refractivity contribution in [3.63, 3.8) is 0 Å². The van der Waals surface area contributed by atoms with Gasteiger partial charge in [-0.2, -0.15) is 0 Å². The van der Waals surface area contributed by atoms with Gasteiger partial charge in [0, 0.05) is 12.4 Å². The molecule has 0 saturated heterocycles. The lowest BCUT2D eigenvalue weighted by Crippen LogP contribution is -2.12. The van der Waals surface area contributed by atoms with Crippen LogP contribution >= 0.6 is 0 Å². The van der Waals surface area contributed by atoms with Crippen molar-refractivity contribution in [2.45, 2.75) is 0 Å². The van der Waals surface area contributed by atoms with Gasteiger partial charge in [-0.25, -0.2) is 23.2 Å². The molecule has 0 radical (unpaired) electrons. The van der Waals surface area contributed by atoms with Gasteiger partial charge in [-0.3, -0.25) is 4.72 Å². The van der Waals surface area contributed by atoms with Crippen LogP contribution < -0.4 is 4.72 Å². The van der Waals surface area contributed by atoms with Gasteiger partial charge in [0.05, 0.1) is 11.8 Å². The van der Waals surface area contributed by atoms with Crippen molar-refractivity contribution in [2.75, 3.05) is 11.0 Å². The first-order valence-electron chi connectivity index (χ1n) is 3.41. The zero-order valence-electron chi connectivity index (χ0n) is 7.13. The van der Waals surface area contributed by atoms with E-state index in [0.717, 1.165) is 18.6 Å². The molecule has 1 heterocycles. The van der Waals surface area contributed by atoms with Gasteiger partial charge in [-0.05, 0) is 0 Å². The smallest absolute Gasteiger partial charge is 0.338 e. The van der Waals surface area contributed by atoms with Crippen LogP contribution in [0.4, 0.5) is 5.95 Å². The zero-order valence-corrected chi connectivity index (χ0v) is 7.95. The summed E-state index contributed by atoms with van der Waals surface area (Å²) in [6.07, 6.45) is 2.98. The molecule has 0 unspecified atom stereocenters. The highest BCUT2D eigenvalue weighted by atomic mass is 32.2. The topological polar surface area (TPSA) is 109 Å². The van der Waals surface area contributed by atoms with E-state index in [-0.39, 0.29) is 11.5 Å². The van der Waals surface area contributed by atoms with Gasteiger partial charge < -0.3 is 5.11 Å². The van der Waals surface area contributed by atoms with Gasteiger partial charge in [0.25, 0.3) is 0 Å². The fourth-order valence-corrected chi connectivity index (χ4v) is 1.09. The third-order valence-electron chi connectivity index (χ3n) is 1.18. The molecule has 76 valence electrons. The van der Waals surface area contributed by atoms with E-state index in [2.05, 4.69) is 9.97 Å². The molecule has 0 saturated carbocycles. The summed E-state index contributed by atoms with van der Waals surface area (Å²) in [6, 6.07) is 0. The Bertz CT molecular complexity index is 439. The summed E-state index contributed by atoms with van der Waals surface area (Å²) in [4.78, 5) is 17.4. The average Bonchev–Trinajstić information content (AvgIpc) is 2.02. The Morgan fingerprint density at radius 1 is 1.43 bits per heavy atom. The van der Waals surface area contributed by atoms with Crippen LogP contribution in [0.3, 0.4) is 0 Å². The van der Waals surface area contributed by atoms with Crippen molar-refractivity contribution in [2.24, 2.45) is 0 Å². The Morgan fingerprint density at radius 2 is 1.93 bits per heavy atom. The number of rotatable bonds is 3. The largest absolute Gasteiger partial charge is 0.478 e. The van der Waals surface area contributed by atoms with Crippen molar-refractivity contribution >= 4 is 21.9 Å². The number of anilines is 1. The number of carboxylic acids is 1. The minimum atomic E-state index is -3.43. The van der Waals surface area contributed by atoms with Crippen LogP contribution in [0.1, 0.15) is 10.4 Å². The van der Waals surface area contributed by atoms with Crippen LogP contribution in [-0.4, -0.2) is 35.7 Å². The fraction of sp³-hybridized carbons (Fsp3) is 0.167. The minimum Gasteiger partial charge on any atom is -0.478 e. The second-order valence-corrected chi connectivity index (χ2v) is 4.22. The number of carboxylic acid groups (broad SMARTS) is 1. The lowest BCUT2D eigenvalue weighted by molar-refractivity contribution is 0.0696. The number of aromatic nitrogens is 2. The van der Waals surface area contributed by atoms with Crippen LogP contribution in [0.5, 0.6) is 0 Å². The minimum absolute atomic E-state index is 0.107. The zero-order chi connectivity index (χ0) is 10.8. The molecule has 0 spiro atoms. The molecule has 0 aliphatic heterocycles. The predicted molar refractivity (Wildman–Crippen MR) is 47.5 cm³/mol. The van der Waals surface area contributed by atoms with E-state index < -0.39 is 16.0 Å². The van der Waals surface area contributed by atoms with Crippen molar-refractivity contribution in [1.29, 1.82) is 0 Å². The van der Waals surface area contributed by atoms with E-state index in [9.17, 15) is 13.2 Å². The lowest BCUT2D eigenvalue weighted by Gasteiger charge is -2.00. The predicted octanol–water partition coefficient (Wildman–Crippen LogP) is -0.454. The fourth-order valence-electron chi connectivity index (χ4n) is 0.657. The van der Waals surface area contributed by atoms with E-state index in [1.54, 1.807) is 0 Å². The molecule has 0 aromatic carbocycles. The van der Waals surface area contributed by atoms with E-state index in [0.29, 0.717) is 0 Å². The first-order valence-corrected chi connectivity index (χ1v) is 5.31. The molecule has 1 aromatic rings. The summed E-state index contributed by atoms with van der Waals surface area (Å²) >= 11 is 0. The molecule has 0 amide bonds. The third kappa shape index (κ3) is 2.98. The van der Waals surface area contributed by atoms with Crippen molar-refractivity contribution in [1.82, 2.24) is 9.97 Å². The second-order valence-electron chi connectivity index (χ2n) is 2.47. The number of hydrogen-bond donors (Lipinski definition) is 2. The molecule has 0 atom stereocenters. The van der Waals surface area contributed by atoms with Crippen molar-refractivity contribution in [3.8, 4) is 0 Å². The lowest BCUT2D eigenvalue weighted by atomic mass is 10.4. The highest BCUT2D eigenvalue weighted by molar-refractivity contribution is 7.91. The van der Waals surface area contributed by atoms with E-state index >= 15 is 0 Å². The van der Waals surface area contributed by atoms with Crippen molar-refractivity contribution < 1.29 is 18.3 Å². The average molecular weight is 217 g/mol. The van der Waals surface area contributed by atoms with Gasteiger partial charge in [0.1, 0.15) is 0 Å². The molecular weight excluding hydrogens is 210 g/mol. The van der Waals surface area contributed by atoms with Gasteiger partial charge in [0.2, 0.25) is 16.0 Å². The highest BCUT2D eigenvalue weighted by Crippen LogP contribution is 2.01. The number of nitrogens with zero attached hydrogens (tertiary/aromatic N) is 2. The molecule has 14 heavy (non-hydrogen) atoms. The van der Waals surface area contributed by atoms with Crippen LogP contribution in [0.2, 0.25) is 0 Å². The van der Waals surface area contributed by atoms with Crippen molar-refractivity contribution in [3.05, 3.63) is 18.0 Å². The molecule has 0 aliphatic rings. The number of aromatic carboxylic acids is 1. The van der Waals surface area contributed by atoms with E-state index in [4.69, 9.17) is 5.11 Å². The maximum Gasteiger partial charge on any atom is 0.338 e. The summed E-state index contributed by atoms with van der Waals surface area (Å²) in [6.45, 7) is 0. The Morgan fingerprint density at radius 3 is 2.29 bits per heavy atom. The Balaban J connectivity index is 2.90. The number of sulfonamides is 1. The first kappa shape index (κ1) is 10.4. The van der Waals surface area contributed by atoms with Gasteiger partial charge in [-0.15, -0.1) is 0 Å². The van der Waals surface area contributed by atoms with Crippen LogP contribution in [0.15, 0.2) is 12.4 Å². The molecule has 8 heteroatoms. The van der Waals surface area contributed by atoms with Crippen LogP contribution in [-0.2, 0) is 10.0 Å². The number of nitrogens with one attached hydrogen (secondary N) is 1. The molecule has 2 N–H and O–H groups in total. The first-order chi connectivity index (χ1) is 6.38. The quantitative estimate of drug-likeness (QED) is 0.709. The Hall–Kier alpha value is -1.70. The molecule has 0 aliphatic carbocycles. The maximum absolute atomic E-state index is 10.7. The highest BCUT2D eigenvalue weighted by Gasteiger charge is 2.06. The second kappa shape index (κ2) is 3.58. The number of hydrogen-bond acceptors (Lipinski definition) is 5. The van der Waals surface area contributed by atoms with Gasteiger partial charge in [0.15, 0.2) is 0 Å². The van der Waals surface area contributed by atoms with Gasteiger partial charge in [-0.1, -0.05) is 0 Å². The summed E-state index contributed by atoms with van der Waals surface area (Å²) in [5.74, 6) is -1.33. The normalized spacial score (nSPS) is 10.9. The monoisotopic (exact) mass is 217 g/mol. The van der Waals surface area contributed by atoms with Gasteiger partial charge >= 0.3 is 5.97 Å². The molecule has 1 aromatic heterocycles. The standard InChI is InChI=1S/C6H7N3O4S/c1-14(12,13)9-6-7-2-4(3-8-6)5(10)11/h2-3H,1H3,(H,10,11)(H,7,8,9). The Kier molecular flexibility index (Phi) is 2.65. The molecular formula is C6H7N3O4S. The molecule has 0 fully saturated rings. The van der Waals surface area contributed by atoms with Crippen LogP contribution in [0.25, 0.3) is 0 Å². The van der Waals surface area contributed by atoms with E-state index in [1.165, 1.54) is 0 Å². The van der Waals surface area contributed by atoms with Crippen LogP contribution in [0, 0.1) is 0 Å². The Labute approximate surface area is 79.9 Å².